The zero-order valence-electron chi connectivity index (χ0n) is 10.5. The Morgan fingerprint density at radius 3 is 2.78 bits per heavy atom. The van der Waals surface area contributed by atoms with Gasteiger partial charge in [-0.25, -0.2) is 0 Å². The van der Waals surface area contributed by atoms with Crippen LogP contribution < -0.4 is 5.32 Å². The van der Waals surface area contributed by atoms with Gasteiger partial charge in [-0.2, -0.15) is 0 Å². The van der Waals surface area contributed by atoms with E-state index in [1.165, 1.54) is 0 Å². The predicted molar refractivity (Wildman–Crippen MR) is 74.6 cm³/mol. The fourth-order valence-corrected chi connectivity index (χ4v) is 2.25. The summed E-state index contributed by atoms with van der Waals surface area (Å²) in [7, 11) is 0. The molecule has 1 atom stereocenters. The van der Waals surface area contributed by atoms with Crippen molar-refractivity contribution in [2.75, 3.05) is 6.54 Å². The highest BCUT2D eigenvalue weighted by molar-refractivity contribution is 6.31. The van der Waals surface area contributed by atoms with Crippen LogP contribution in [0, 0.1) is 0 Å². The summed E-state index contributed by atoms with van der Waals surface area (Å²) in [6.07, 6.45) is 5.07. The average Bonchev–Trinajstić information content (AvgIpc) is 2.40. The molecule has 0 amide bonds. The first kappa shape index (κ1) is 13.0. The second-order valence-electron chi connectivity index (χ2n) is 4.11. The molecule has 0 aliphatic heterocycles. The molecule has 1 unspecified atom stereocenters. The third-order valence-electron chi connectivity index (χ3n) is 2.84. The fourth-order valence-electron chi connectivity index (χ4n) is 1.90. The molecule has 3 nitrogen and oxygen atoms in total. The second kappa shape index (κ2) is 5.94. The SMILES string of the molecule is CCNC(C)c1ccc(-c2cnccn2)cc1Cl. The van der Waals surface area contributed by atoms with E-state index in [1.807, 2.05) is 18.2 Å². The van der Waals surface area contributed by atoms with Crippen LogP contribution >= 0.6 is 11.6 Å². The summed E-state index contributed by atoms with van der Waals surface area (Å²) in [5.41, 5.74) is 2.92. The van der Waals surface area contributed by atoms with Gasteiger partial charge in [-0.1, -0.05) is 30.7 Å². The van der Waals surface area contributed by atoms with Crippen molar-refractivity contribution >= 4 is 11.6 Å². The number of hydrogen-bond donors (Lipinski definition) is 1. The normalized spacial score (nSPS) is 12.4. The molecule has 1 aromatic carbocycles. The van der Waals surface area contributed by atoms with Crippen molar-refractivity contribution in [2.45, 2.75) is 19.9 Å². The third kappa shape index (κ3) is 2.86. The maximum atomic E-state index is 6.32. The Labute approximate surface area is 112 Å². The fraction of sp³-hybridized carbons (Fsp3) is 0.286. The van der Waals surface area contributed by atoms with E-state index >= 15 is 0 Å². The summed E-state index contributed by atoms with van der Waals surface area (Å²) in [5.74, 6) is 0. The Balaban J connectivity index is 2.31. The van der Waals surface area contributed by atoms with E-state index in [0.717, 1.165) is 28.4 Å². The molecule has 0 bridgehead atoms. The summed E-state index contributed by atoms with van der Waals surface area (Å²) in [6, 6.07) is 6.26. The average molecular weight is 262 g/mol. The van der Waals surface area contributed by atoms with E-state index in [-0.39, 0.29) is 6.04 Å². The van der Waals surface area contributed by atoms with Crippen LogP contribution in [-0.4, -0.2) is 16.5 Å². The standard InChI is InChI=1S/C14H16ClN3/c1-3-17-10(2)12-5-4-11(8-13(12)15)14-9-16-6-7-18-14/h4-10,17H,3H2,1-2H3. The molecule has 2 rings (SSSR count). The molecule has 4 heteroatoms. The Kier molecular flexibility index (Phi) is 4.28. The Bertz CT molecular complexity index is 514. The van der Waals surface area contributed by atoms with Crippen LogP contribution in [0.5, 0.6) is 0 Å². The number of hydrogen-bond acceptors (Lipinski definition) is 3. The van der Waals surface area contributed by atoms with Gasteiger partial charge in [0.1, 0.15) is 0 Å². The van der Waals surface area contributed by atoms with Crippen molar-refractivity contribution in [2.24, 2.45) is 0 Å². The first-order chi connectivity index (χ1) is 8.72. The number of nitrogens with zero attached hydrogens (tertiary/aromatic N) is 2. The summed E-state index contributed by atoms with van der Waals surface area (Å²) >= 11 is 6.32. The maximum absolute atomic E-state index is 6.32. The summed E-state index contributed by atoms with van der Waals surface area (Å²) in [4.78, 5) is 8.32. The Morgan fingerprint density at radius 2 is 2.17 bits per heavy atom. The first-order valence-electron chi connectivity index (χ1n) is 6.01. The zero-order chi connectivity index (χ0) is 13.0. The van der Waals surface area contributed by atoms with Crippen molar-refractivity contribution in [3.63, 3.8) is 0 Å². The summed E-state index contributed by atoms with van der Waals surface area (Å²) in [6.45, 7) is 5.11. The van der Waals surface area contributed by atoms with E-state index in [4.69, 9.17) is 11.6 Å². The lowest BCUT2D eigenvalue weighted by atomic mass is 10.0. The van der Waals surface area contributed by atoms with Gasteiger partial charge in [0.25, 0.3) is 0 Å². The van der Waals surface area contributed by atoms with E-state index in [1.54, 1.807) is 18.6 Å². The number of halogens is 1. The Hall–Kier alpha value is -1.45. The van der Waals surface area contributed by atoms with Crippen LogP contribution in [-0.2, 0) is 0 Å². The quantitative estimate of drug-likeness (QED) is 0.916. The van der Waals surface area contributed by atoms with Crippen molar-refractivity contribution in [1.29, 1.82) is 0 Å². The minimum Gasteiger partial charge on any atom is -0.310 e. The van der Waals surface area contributed by atoms with Gasteiger partial charge in [0.15, 0.2) is 0 Å². The monoisotopic (exact) mass is 261 g/mol. The van der Waals surface area contributed by atoms with Crippen LogP contribution in [0.3, 0.4) is 0 Å². The molecule has 0 saturated heterocycles. The first-order valence-corrected chi connectivity index (χ1v) is 6.39. The van der Waals surface area contributed by atoms with Crippen LogP contribution in [0.1, 0.15) is 25.5 Å². The maximum Gasteiger partial charge on any atom is 0.0885 e. The minimum absolute atomic E-state index is 0.249. The molecule has 1 N–H and O–H groups in total. The molecule has 0 saturated carbocycles. The van der Waals surface area contributed by atoms with Crippen LogP contribution in [0.2, 0.25) is 5.02 Å². The van der Waals surface area contributed by atoms with Crippen LogP contribution in [0.4, 0.5) is 0 Å². The minimum atomic E-state index is 0.249. The van der Waals surface area contributed by atoms with Gasteiger partial charge < -0.3 is 5.32 Å². The van der Waals surface area contributed by atoms with E-state index in [9.17, 15) is 0 Å². The van der Waals surface area contributed by atoms with E-state index in [2.05, 4.69) is 29.1 Å². The molecule has 18 heavy (non-hydrogen) atoms. The second-order valence-corrected chi connectivity index (χ2v) is 4.51. The zero-order valence-corrected chi connectivity index (χ0v) is 11.3. The summed E-state index contributed by atoms with van der Waals surface area (Å²) < 4.78 is 0. The van der Waals surface area contributed by atoms with Crippen molar-refractivity contribution in [1.82, 2.24) is 15.3 Å². The van der Waals surface area contributed by atoms with Crippen molar-refractivity contribution < 1.29 is 0 Å². The van der Waals surface area contributed by atoms with Gasteiger partial charge >= 0.3 is 0 Å². The molecule has 1 heterocycles. The summed E-state index contributed by atoms with van der Waals surface area (Å²) in [5, 5.41) is 4.11. The number of benzene rings is 1. The lowest BCUT2D eigenvalue weighted by Gasteiger charge is -2.15. The largest absolute Gasteiger partial charge is 0.310 e. The lowest BCUT2D eigenvalue weighted by molar-refractivity contribution is 0.598. The van der Waals surface area contributed by atoms with Gasteiger partial charge in [0, 0.05) is 29.0 Å². The smallest absolute Gasteiger partial charge is 0.0885 e. The highest BCUT2D eigenvalue weighted by atomic mass is 35.5. The van der Waals surface area contributed by atoms with Crippen LogP contribution in [0.15, 0.2) is 36.8 Å². The molecule has 2 aromatic rings. The predicted octanol–water partition coefficient (Wildman–Crippen LogP) is 3.47. The molecule has 0 radical (unpaired) electrons. The van der Waals surface area contributed by atoms with Crippen molar-refractivity contribution in [3.05, 3.63) is 47.4 Å². The third-order valence-corrected chi connectivity index (χ3v) is 3.16. The molecular formula is C14H16ClN3. The molecule has 1 aromatic heterocycles. The molecule has 0 fully saturated rings. The highest BCUT2D eigenvalue weighted by Crippen LogP contribution is 2.27. The van der Waals surface area contributed by atoms with Gasteiger partial charge in [0.2, 0.25) is 0 Å². The van der Waals surface area contributed by atoms with Crippen molar-refractivity contribution in [3.8, 4) is 11.3 Å². The highest BCUT2D eigenvalue weighted by Gasteiger charge is 2.10. The number of rotatable bonds is 4. The van der Waals surface area contributed by atoms with Gasteiger partial charge in [-0.15, -0.1) is 0 Å². The van der Waals surface area contributed by atoms with E-state index in [0.29, 0.717) is 0 Å². The molecule has 0 aliphatic rings. The topological polar surface area (TPSA) is 37.8 Å². The lowest BCUT2D eigenvalue weighted by Crippen LogP contribution is -2.17. The van der Waals surface area contributed by atoms with Gasteiger partial charge in [-0.05, 0) is 25.1 Å². The molecular weight excluding hydrogens is 246 g/mol. The van der Waals surface area contributed by atoms with Gasteiger partial charge in [0.05, 0.1) is 11.9 Å². The number of nitrogens with one attached hydrogen (secondary N) is 1. The van der Waals surface area contributed by atoms with Gasteiger partial charge in [-0.3, -0.25) is 9.97 Å². The molecule has 94 valence electrons. The number of aromatic nitrogens is 2. The molecule has 0 spiro atoms. The van der Waals surface area contributed by atoms with Crippen LogP contribution in [0.25, 0.3) is 11.3 Å². The van der Waals surface area contributed by atoms with E-state index < -0.39 is 0 Å². The molecule has 0 aliphatic carbocycles. The Morgan fingerprint density at radius 1 is 1.33 bits per heavy atom.